The quantitative estimate of drug-likeness (QED) is 0.842. The van der Waals surface area contributed by atoms with Crippen LogP contribution in [0.25, 0.3) is 0 Å². The van der Waals surface area contributed by atoms with Crippen LogP contribution in [0.2, 0.25) is 0 Å². The Morgan fingerprint density at radius 1 is 1.42 bits per heavy atom. The van der Waals surface area contributed by atoms with E-state index < -0.39 is 11.7 Å². The standard InChI is InChI=1S/C16H22F3N3O.ClH/c1-15(10-20)6-8-22(11-15)7-5-14(23)21-13-4-2-3-12(9-13)16(17,18)19;/h2-4,9H,5-8,10-11,20H2,1H3,(H,21,23);1H. The van der Waals surface area contributed by atoms with Gasteiger partial charge in [-0.3, -0.25) is 4.79 Å². The lowest BCUT2D eigenvalue weighted by atomic mass is 9.90. The van der Waals surface area contributed by atoms with Crippen LogP contribution < -0.4 is 11.1 Å². The molecule has 1 unspecified atom stereocenters. The molecule has 2 rings (SSSR count). The Bertz CT molecular complexity index is 568. The summed E-state index contributed by atoms with van der Waals surface area (Å²) < 4.78 is 37.9. The molecule has 24 heavy (non-hydrogen) atoms. The molecule has 3 N–H and O–H groups in total. The second kappa shape index (κ2) is 8.18. The summed E-state index contributed by atoms with van der Waals surface area (Å²) in [5, 5.41) is 2.52. The number of rotatable bonds is 5. The van der Waals surface area contributed by atoms with E-state index in [2.05, 4.69) is 17.1 Å². The lowest BCUT2D eigenvalue weighted by Gasteiger charge is -2.22. The largest absolute Gasteiger partial charge is 0.416 e. The van der Waals surface area contributed by atoms with E-state index in [-0.39, 0.29) is 35.8 Å². The van der Waals surface area contributed by atoms with Gasteiger partial charge in [-0.1, -0.05) is 13.0 Å². The smallest absolute Gasteiger partial charge is 0.330 e. The zero-order chi connectivity index (χ0) is 17.1. The Labute approximate surface area is 146 Å². The molecule has 0 saturated carbocycles. The molecule has 1 atom stereocenters. The monoisotopic (exact) mass is 365 g/mol. The van der Waals surface area contributed by atoms with Crippen molar-refractivity contribution in [1.29, 1.82) is 0 Å². The van der Waals surface area contributed by atoms with Crippen LogP contribution >= 0.6 is 12.4 Å². The zero-order valence-corrected chi connectivity index (χ0v) is 14.3. The molecular weight excluding hydrogens is 343 g/mol. The van der Waals surface area contributed by atoms with E-state index in [9.17, 15) is 18.0 Å². The van der Waals surface area contributed by atoms with Crippen molar-refractivity contribution in [3.63, 3.8) is 0 Å². The van der Waals surface area contributed by atoms with Gasteiger partial charge in [-0.25, -0.2) is 0 Å². The maximum absolute atomic E-state index is 12.6. The fourth-order valence-electron chi connectivity index (χ4n) is 2.74. The van der Waals surface area contributed by atoms with Gasteiger partial charge in [-0.15, -0.1) is 12.4 Å². The van der Waals surface area contributed by atoms with E-state index in [0.717, 1.165) is 31.6 Å². The molecule has 4 nitrogen and oxygen atoms in total. The minimum absolute atomic E-state index is 0. The van der Waals surface area contributed by atoms with Crippen molar-refractivity contribution in [2.45, 2.75) is 25.9 Å². The lowest BCUT2D eigenvalue weighted by molar-refractivity contribution is -0.137. The molecule has 1 aliphatic heterocycles. The zero-order valence-electron chi connectivity index (χ0n) is 13.5. The van der Waals surface area contributed by atoms with Crippen LogP contribution in [0.4, 0.5) is 18.9 Å². The molecule has 0 radical (unpaired) electrons. The van der Waals surface area contributed by atoms with E-state index >= 15 is 0 Å². The molecule has 1 fully saturated rings. The first kappa shape index (κ1) is 20.7. The number of hydrogen-bond acceptors (Lipinski definition) is 3. The number of amides is 1. The molecule has 8 heteroatoms. The summed E-state index contributed by atoms with van der Waals surface area (Å²) in [6.45, 7) is 5.06. The van der Waals surface area contributed by atoms with Crippen LogP contribution in [-0.2, 0) is 11.0 Å². The Kier molecular flexibility index (Phi) is 7.07. The highest BCUT2D eigenvalue weighted by atomic mass is 35.5. The van der Waals surface area contributed by atoms with E-state index in [1.807, 2.05) is 0 Å². The molecule has 1 amide bonds. The summed E-state index contributed by atoms with van der Waals surface area (Å²) in [6.07, 6.45) is -3.17. The molecule has 1 aromatic carbocycles. The molecule has 0 spiro atoms. The summed E-state index contributed by atoms with van der Waals surface area (Å²) in [5.74, 6) is -0.286. The van der Waals surface area contributed by atoms with Gasteiger partial charge < -0.3 is 16.0 Å². The molecule has 1 saturated heterocycles. The maximum Gasteiger partial charge on any atom is 0.416 e. The predicted molar refractivity (Wildman–Crippen MR) is 90.2 cm³/mol. The molecule has 0 aliphatic carbocycles. The number of hydrogen-bond donors (Lipinski definition) is 2. The van der Waals surface area contributed by atoms with E-state index in [1.54, 1.807) is 0 Å². The van der Waals surface area contributed by atoms with Gasteiger partial charge in [0, 0.05) is 25.2 Å². The first-order chi connectivity index (χ1) is 10.7. The highest BCUT2D eigenvalue weighted by Gasteiger charge is 2.32. The van der Waals surface area contributed by atoms with Crippen molar-refractivity contribution in [2.75, 3.05) is 31.5 Å². The van der Waals surface area contributed by atoms with Crippen molar-refractivity contribution < 1.29 is 18.0 Å². The maximum atomic E-state index is 12.6. The van der Waals surface area contributed by atoms with Crippen LogP contribution in [0.5, 0.6) is 0 Å². The van der Waals surface area contributed by atoms with Crippen LogP contribution in [0.1, 0.15) is 25.3 Å². The molecule has 1 aliphatic rings. The number of nitrogens with zero attached hydrogens (tertiary/aromatic N) is 1. The Morgan fingerprint density at radius 2 is 2.12 bits per heavy atom. The van der Waals surface area contributed by atoms with Crippen LogP contribution in [0.15, 0.2) is 24.3 Å². The minimum atomic E-state index is -4.41. The number of carbonyl (C=O) groups is 1. The number of anilines is 1. The van der Waals surface area contributed by atoms with E-state index in [0.29, 0.717) is 13.1 Å². The number of benzene rings is 1. The number of nitrogens with one attached hydrogen (secondary N) is 1. The Morgan fingerprint density at radius 3 is 2.71 bits per heavy atom. The van der Waals surface area contributed by atoms with Gasteiger partial charge in [0.25, 0.3) is 0 Å². The number of alkyl halides is 3. The van der Waals surface area contributed by atoms with Gasteiger partial charge in [-0.2, -0.15) is 13.2 Å². The van der Waals surface area contributed by atoms with Gasteiger partial charge in [0.2, 0.25) is 5.91 Å². The molecule has 1 heterocycles. The predicted octanol–water partition coefficient (Wildman–Crippen LogP) is 3.13. The van der Waals surface area contributed by atoms with Crippen LogP contribution in [0.3, 0.4) is 0 Å². The normalized spacial score (nSPS) is 21.4. The molecule has 0 bridgehead atoms. The number of halogens is 4. The summed E-state index contributed by atoms with van der Waals surface area (Å²) >= 11 is 0. The molecule has 136 valence electrons. The van der Waals surface area contributed by atoms with E-state index in [4.69, 9.17) is 5.73 Å². The van der Waals surface area contributed by atoms with Crippen LogP contribution in [0, 0.1) is 5.41 Å². The van der Waals surface area contributed by atoms with Gasteiger partial charge in [-0.05, 0) is 43.1 Å². The first-order valence-electron chi connectivity index (χ1n) is 7.61. The Balaban J connectivity index is 0.00000288. The van der Waals surface area contributed by atoms with Crippen molar-refractivity contribution >= 4 is 24.0 Å². The number of nitrogens with two attached hydrogens (primary N) is 1. The molecule has 0 aromatic heterocycles. The molecule has 1 aromatic rings. The van der Waals surface area contributed by atoms with Gasteiger partial charge in [0.1, 0.15) is 0 Å². The number of likely N-dealkylation sites (tertiary alicyclic amines) is 1. The summed E-state index contributed by atoms with van der Waals surface area (Å²) in [7, 11) is 0. The number of carbonyl (C=O) groups excluding carboxylic acids is 1. The van der Waals surface area contributed by atoms with Gasteiger partial charge in [0.15, 0.2) is 0 Å². The van der Waals surface area contributed by atoms with Gasteiger partial charge >= 0.3 is 6.18 Å². The van der Waals surface area contributed by atoms with Crippen molar-refractivity contribution in [2.24, 2.45) is 11.1 Å². The molecular formula is C16H23ClF3N3O. The average molecular weight is 366 g/mol. The lowest BCUT2D eigenvalue weighted by Crippen LogP contribution is -2.32. The highest BCUT2D eigenvalue weighted by molar-refractivity contribution is 5.90. The van der Waals surface area contributed by atoms with E-state index in [1.165, 1.54) is 12.1 Å². The topological polar surface area (TPSA) is 58.4 Å². The van der Waals surface area contributed by atoms with Crippen molar-refractivity contribution in [3.05, 3.63) is 29.8 Å². The fourth-order valence-corrected chi connectivity index (χ4v) is 2.74. The third kappa shape index (κ3) is 5.65. The minimum Gasteiger partial charge on any atom is -0.330 e. The average Bonchev–Trinajstić information content (AvgIpc) is 2.87. The highest BCUT2D eigenvalue weighted by Crippen LogP contribution is 2.31. The second-order valence-electron chi connectivity index (χ2n) is 6.42. The van der Waals surface area contributed by atoms with Gasteiger partial charge in [0.05, 0.1) is 5.56 Å². The third-order valence-corrected chi connectivity index (χ3v) is 4.26. The second-order valence-corrected chi connectivity index (χ2v) is 6.42. The summed E-state index contributed by atoms with van der Waals surface area (Å²) in [6, 6.07) is 4.66. The van der Waals surface area contributed by atoms with Crippen LogP contribution in [-0.4, -0.2) is 37.0 Å². The summed E-state index contributed by atoms with van der Waals surface area (Å²) in [5.41, 5.74) is 5.23. The van der Waals surface area contributed by atoms with Crippen molar-refractivity contribution in [1.82, 2.24) is 4.90 Å². The summed E-state index contributed by atoms with van der Waals surface area (Å²) in [4.78, 5) is 14.1. The first-order valence-corrected chi connectivity index (χ1v) is 7.61. The Hall–Kier alpha value is -1.31. The fraction of sp³-hybridized carbons (Fsp3) is 0.562. The third-order valence-electron chi connectivity index (χ3n) is 4.26. The van der Waals surface area contributed by atoms with Crippen molar-refractivity contribution in [3.8, 4) is 0 Å². The SMILES string of the molecule is CC1(CN)CCN(CCC(=O)Nc2cccc(C(F)(F)F)c2)C1.Cl.